The normalized spacial score (nSPS) is 10.8. The van der Waals surface area contributed by atoms with Gasteiger partial charge in [-0.05, 0) is 31.4 Å². The molecule has 0 fully saturated rings. The maximum Gasteiger partial charge on any atom is 0.231 e. The monoisotopic (exact) mass is 277 g/mol. The van der Waals surface area contributed by atoms with E-state index in [-0.39, 0.29) is 11.8 Å². The molecule has 0 aromatic heterocycles. The van der Waals surface area contributed by atoms with Gasteiger partial charge < -0.3 is 4.74 Å². The van der Waals surface area contributed by atoms with E-state index in [0.29, 0.717) is 13.3 Å². The summed E-state index contributed by atoms with van der Waals surface area (Å²) in [4.78, 5) is 14.4. The maximum atomic E-state index is 12.6. The molecule has 0 N–H and O–H groups in total. The van der Waals surface area contributed by atoms with E-state index in [9.17, 15) is 4.79 Å². The molecule has 0 bridgehead atoms. The molecule has 0 heterocycles. The van der Waals surface area contributed by atoms with Crippen LogP contribution >= 0.6 is 0 Å². The van der Waals surface area contributed by atoms with Crippen LogP contribution in [0.3, 0.4) is 0 Å². The van der Waals surface area contributed by atoms with Crippen LogP contribution in [0.2, 0.25) is 0 Å². The molecule has 1 aromatic rings. The first-order valence-electron chi connectivity index (χ1n) is 7.68. The molecule has 0 aliphatic rings. The molecule has 0 saturated carbocycles. The first kappa shape index (κ1) is 16.7. The fourth-order valence-electron chi connectivity index (χ4n) is 2.13. The number of benzene rings is 1. The van der Waals surface area contributed by atoms with Crippen molar-refractivity contribution in [3.63, 3.8) is 0 Å². The molecule has 0 spiro atoms. The quantitative estimate of drug-likeness (QED) is 0.499. The number of unbranched alkanes of at least 4 members (excludes halogenated alkanes) is 1. The Morgan fingerprint density at radius 1 is 1.15 bits per heavy atom. The van der Waals surface area contributed by atoms with Crippen LogP contribution in [-0.2, 0) is 9.53 Å². The van der Waals surface area contributed by atoms with Crippen molar-refractivity contribution in [3.05, 3.63) is 30.3 Å². The predicted molar refractivity (Wildman–Crippen MR) is 83.7 cm³/mol. The van der Waals surface area contributed by atoms with E-state index in [1.165, 1.54) is 0 Å². The van der Waals surface area contributed by atoms with Crippen molar-refractivity contribution < 1.29 is 9.53 Å². The van der Waals surface area contributed by atoms with E-state index >= 15 is 0 Å². The fraction of sp³-hybridized carbons (Fsp3) is 0.588. The average molecular weight is 277 g/mol. The van der Waals surface area contributed by atoms with Crippen LogP contribution in [0.1, 0.15) is 46.5 Å². The van der Waals surface area contributed by atoms with Crippen LogP contribution < -0.4 is 4.90 Å². The van der Waals surface area contributed by atoms with Crippen LogP contribution in [0, 0.1) is 5.92 Å². The van der Waals surface area contributed by atoms with Gasteiger partial charge in [0.05, 0.1) is 0 Å². The highest BCUT2D eigenvalue weighted by molar-refractivity contribution is 5.94. The topological polar surface area (TPSA) is 29.5 Å². The van der Waals surface area contributed by atoms with Crippen LogP contribution in [0.4, 0.5) is 5.69 Å². The molecule has 0 atom stereocenters. The molecule has 0 aliphatic carbocycles. The Labute approximate surface area is 122 Å². The third-order valence-electron chi connectivity index (χ3n) is 3.53. The Morgan fingerprint density at radius 2 is 1.80 bits per heavy atom. The number of hydrogen-bond donors (Lipinski definition) is 0. The minimum absolute atomic E-state index is 0.0741. The van der Waals surface area contributed by atoms with Crippen LogP contribution in [0.5, 0.6) is 0 Å². The van der Waals surface area contributed by atoms with Crippen molar-refractivity contribution in [3.8, 4) is 0 Å². The van der Waals surface area contributed by atoms with E-state index in [1.807, 2.05) is 30.3 Å². The number of carbonyl (C=O) groups is 1. The summed E-state index contributed by atoms with van der Waals surface area (Å²) in [6, 6.07) is 9.79. The lowest BCUT2D eigenvalue weighted by Crippen LogP contribution is -2.37. The lowest BCUT2D eigenvalue weighted by molar-refractivity contribution is -0.123. The molecule has 3 nitrogen and oxygen atoms in total. The standard InChI is InChI=1S/C17H27NO2/c1-4-7-13-20-14-18(16-11-9-8-10-12-16)17(19)15(5-2)6-3/h8-12,15H,4-7,13-14H2,1-3H3. The Bertz CT molecular complexity index is 374. The fourth-order valence-corrected chi connectivity index (χ4v) is 2.13. The molecule has 112 valence electrons. The van der Waals surface area contributed by atoms with Gasteiger partial charge in [-0.15, -0.1) is 0 Å². The lowest BCUT2D eigenvalue weighted by atomic mass is 10.0. The Balaban J connectivity index is 2.76. The van der Waals surface area contributed by atoms with Gasteiger partial charge in [-0.25, -0.2) is 0 Å². The number of para-hydroxylation sites is 1. The molecular weight excluding hydrogens is 250 g/mol. The minimum atomic E-state index is 0.0741. The molecule has 1 rings (SSSR count). The minimum Gasteiger partial charge on any atom is -0.361 e. The van der Waals surface area contributed by atoms with E-state index in [0.717, 1.165) is 31.4 Å². The number of nitrogens with zero attached hydrogens (tertiary/aromatic N) is 1. The molecule has 0 unspecified atom stereocenters. The SMILES string of the molecule is CCCCOCN(C(=O)C(CC)CC)c1ccccc1. The summed E-state index contributed by atoms with van der Waals surface area (Å²) in [6.45, 7) is 7.31. The number of rotatable bonds is 9. The summed E-state index contributed by atoms with van der Waals surface area (Å²) < 4.78 is 5.66. The number of hydrogen-bond acceptors (Lipinski definition) is 2. The van der Waals surface area contributed by atoms with Crippen molar-refractivity contribution in [1.82, 2.24) is 0 Å². The Morgan fingerprint density at radius 3 is 2.35 bits per heavy atom. The van der Waals surface area contributed by atoms with Crippen LogP contribution in [0.25, 0.3) is 0 Å². The molecule has 20 heavy (non-hydrogen) atoms. The third kappa shape index (κ3) is 4.97. The molecule has 0 radical (unpaired) electrons. The predicted octanol–water partition coefficient (Wildman–Crippen LogP) is 4.23. The van der Waals surface area contributed by atoms with Gasteiger partial charge in [0, 0.05) is 18.2 Å². The van der Waals surface area contributed by atoms with Gasteiger partial charge in [0.25, 0.3) is 0 Å². The summed E-state index contributed by atoms with van der Waals surface area (Å²) in [5.74, 6) is 0.239. The molecule has 0 saturated heterocycles. The van der Waals surface area contributed by atoms with Crippen molar-refractivity contribution in [2.75, 3.05) is 18.2 Å². The molecule has 0 aliphatic heterocycles. The highest BCUT2D eigenvalue weighted by atomic mass is 16.5. The Hall–Kier alpha value is -1.35. The van der Waals surface area contributed by atoms with Gasteiger partial charge >= 0.3 is 0 Å². The zero-order valence-electron chi connectivity index (χ0n) is 13.0. The summed E-state index contributed by atoms with van der Waals surface area (Å²) in [5.41, 5.74) is 0.917. The zero-order chi connectivity index (χ0) is 14.8. The van der Waals surface area contributed by atoms with E-state index < -0.39 is 0 Å². The first-order chi connectivity index (χ1) is 9.74. The third-order valence-corrected chi connectivity index (χ3v) is 3.53. The van der Waals surface area contributed by atoms with Crippen molar-refractivity contribution in [2.45, 2.75) is 46.5 Å². The first-order valence-corrected chi connectivity index (χ1v) is 7.68. The number of amides is 1. The second-order valence-corrected chi connectivity index (χ2v) is 5.01. The molecule has 1 aromatic carbocycles. The second kappa shape index (κ2) is 9.54. The Kier molecular flexibility index (Phi) is 7.97. The summed E-state index contributed by atoms with van der Waals surface area (Å²) >= 11 is 0. The number of ether oxygens (including phenoxy) is 1. The molecule has 1 amide bonds. The summed E-state index contributed by atoms with van der Waals surface area (Å²) in [7, 11) is 0. The van der Waals surface area contributed by atoms with Gasteiger partial charge in [-0.2, -0.15) is 0 Å². The van der Waals surface area contributed by atoms with Gasteiger partial charge in [-0.3, -0.25) is 9.69 Å². The van der Waals surface area contributed by atoms with Crippen LogP contribution in [-0.4, -0.2) is 19.2 Å². The highest BCUT2D eigenvalue weighted by Gasteiger charge is 2.22. The smallest absolute Gasteiger partial charge is 0.231 e. The van der Waals surface area contributed by atoms with Gasteiger partial charge in [0.2, 0.25) is 5.91 Å². The summed E-state index contributed by atoms with van der Waals surface area (Å²) in [5, 5.41) is 0. The van der Waals surface area contributed by atoms with Crippen molar-refractivity contribution in [2.24, 2.45) is 5.92 Å². The summed E-state index contributed by atoms with van der Waals surface area (Å²) in [6.07, 6.45) is 3.87. The van der Waals surface area contributed by atoms with E-state index in [2.05, 4.69) is 20.8 Å². The molecule has 3 heteroatoms. The van der Waals surface area contributed by atoms with Gasteiger partial charge in [-0.1, -0.05) is 45.4 Å². The second-order valence-electron chi connectivity index (χ2n) is 5.01. The highest BCUT2D eigenvalue weighted by Crippen LogP contribution is 2.19. The average Bonchev–Trinajstić information content (AvgIpc) is 2.49. The van der Waals surface area contributed by atoms with Crippen LogP contribution in [0.15, 0.2) is 30.3 Å². The molecular formula is C17H27NO2. The van der Waals surface area contributed by atoms with Crippen molar-refractivity contribution >= 4 is 11.6 Å². The van der Waals surface area contributed by atoms with Gasteiger partial charge in [0.1, 0.15) is 6.73 Å². The lowest BCUT2D eigenvalue weighted by Gasteiger charge is -2.26. The maximum absolute atomic E-state index is 12.6. The van der Waals surface area contributed by atoms with E-state index in [1.54, 1.807) is 4.90 Å². The van der Waals surface area contributed by atoms with Gasteiger partial charge in [0.15, 0.2) is 0 Å². The van der Waals surface area contributed by atoms with E-state index in [4.69, 9.17) is 4.74 Å². The number of carbonyl (C=O) groups excluding carboxylic acids is 1. The van der Waals surface area contributed by atoms with Crippen molar-refractivity contribution in [1.29, 1.82) is 0 Å². The zero-order valence-corrected chi connectivity index (χ0v) is 13.0. The largest absolute Gasteiger partial charge is 0.361 e. The number of anilines is 1.